The lowest BCUT2D eigenvalue weighted by molar-refractivity contribution is -0.117. The minimum absolute atomic E-state index is 0. The minimum Gasteiger partial charge on any atom is -0.323 e. The molecule has 6 heteroatoms. The average Bonchev–Trinajstić information content (AvgIpc) is 3.02. The van der Waals surface area contributed by atoms with E-state index < -0.39 is 0 Å². The van der Waals surface area contributed by atoms with E-state index in [0.717, 1.165) is 28.1 Å². The van der Waals surface area contributed by atoms with E-state index in [2.05, 4.69) is 10.6 Å². The highest BCUT2D eigenvalue weighted by atomic mass is 35.5. The first-order chi connectivity index (χ1) is 11.2. The van der Waals surface area contributed by atoms with Crippen LogP contribution in [0, 0.1) is 5.82 Å². The molecule has 0 radical (unpaired) electrons. The van der Waals surface area contributed by atoms with Crippen LogP contribution >= 0.6 is 24.2 Å². The van der Waals surface area contributed by atoms with Crippen LogP contribution in [-0.4, -0.2) is 18.2 Å². The molecule has 0 spiro atoms. The van der Waals surface area contributed by atoms with Crippen molar-refractivity contribution in [1.82, 2.24) is 5.32 Å². The van der Waals surface area contributed by atoms with Crippen molar-refractivity contribution in [2.75, 3.05) is 17.6 Å². The van der Waals surface area contributed by atoms with Crippen LogP contribution in [0.3, 0.4) is 0 Å². The molecule has 2 aromatic carbocycles. The van der Waals surface area contributed by atoms with Gasteiger partial charge in [-0.2, -0.15) is 0 Å². The maximum absolute atomic E-state index is 14.6. The molecule has 0 saturated carbocycles. The molecule has 3 nitrogen and oxygen atoms in total. The van der Waals surface area contributed by atoms with E-state index in [1.165, 1.54) is 0 Å². The van der Waals surface area contributed by atoms with Gasteiger partial charge in [0.2, 0.25) is 5.91 Å². The number of carbonyl (C=O) groups is 1. The van der Waals surface area contributed by atoms with Gasteiger partial charge in [-0.1, -0.05) is 24.3 Å². The second kappa shape index (κ2) is 7.13. The zero-order valence-corrected chi connectivity index (χ0v) is 14.6. The fourth-order valence-corrected chi connectivity index (χ4v) is 4.46. The third-order valence-electron chi connectivity index (χ3n) is 4.48. The summed E-state index contributed by atoms with van der Waals surface area (Å²) >= 11 is 1.68. The lowest BCUT2D eigenvalue weighted by Crippen LogP contribution is -2.26. The van der Waals surface area contributed by atoms with E-state index in [0.29, 0.717) is 24.4 Å². The Labute approximate surface area is 150 Å². The lowest BCUT2D eigenvalue weighted by Gasteiger charge is -2.20. The molecule has 126 valence electrons. The highest BCUT2D eigenvalue weighted by Gasteiger charge is 2.29. The molecular weight excluding hydrogens is 347 g/mol. The highest BCUT2D eigenvalue weighted by molar-refractivity contribution is 7.99. The van der Waals surface area contributed by atoms with Gasteiger partial charge < -0.3 is 10.6 Å². The van der Waals surface area contributed by atoms with Gasteiger partial charge in [0.05, 0.1) is 11.6 Å². The molecule has 2 aromatic rings. The molecule has 0 saturated heterocycles. The first kappa shape index (κ1) is 17.3. The third kappa shape index (κ3) is 3.04. The van der Waals surface area contributed by atoms with Gasteiger partial charge in [-0.3, -0.25) is 4.79 Å². The Morgan fingerprint density at radius 2 is 2.08 bits per heavy atom. The number of hydrogen-bond acceptors (Lipinski definition) is 3. The van der Waals surface area contributed by atoms with Gasteiger partial charge in [0, 0.05) is 17.2 Å². The molecule has 24 heavy (non-hydrogen) atoms. The standard InChI is InChI=1S/C18H17FN2OS.ClH/c19-17-12-7-8-20-9-11(12)5-6-15(17)21-18(22)14-10-23-16-4-2-1-3-13(14)16;/h1-6,14,20H,7-10H2,(H,21,22);1H. The molecule has 2 heterocycles. The zero-order valence-electron chi connectivity index (χ0n) is 13.0. The summed E-state index contributed by atoms with van der Waals surface area (Å²) in [7, 11) is 0. The van der Waals surface area contributed by atoms with Crippen LogP contribution in [0.1, 0.15) is 22.6 Å². The Hall–Kier alpha value is -1.56. The quantitative estimate of drug-likeness (QED) is 0.853. The van der Waals surface area contributed by atoms with Crippen molar-refractivity contribution in [2.45, 2.75) is 23.8 Å². The van der Waals surface area contributed by atoms with E-state index >= 15 is 0 Å². The first-order valence-electron chi connectivity index (χ1n) is 7.77. The molecule has 1 unspecified atom stereocenters. The van der Waals surface area contributed by atoms with Gasteiger partial charge in [0.15, 0.2) is 0 Å². The average molecular weight is 365 g/mol. The predicted octanol–water partition coefficient (Wildman–Crippen LogP) is 3.72. The van der Waals surface area contributed by atoms with Crippen molar-refractivity contribution in [2.24, 2.45) is 0 Å². The number of nitrogens with one attached hydrogen (secondary N) is 2. The Bertz CT molecular complexity index is 784. The van der Waals surface area contributed by atoms with Crippen LogP contribution in [0.15, 0.2) is 41.3 Å². The van der Waals surface area contributed by atoms with Crippen LogP contribution in [0.4, 0.5) is 10.1 Å². The molecule has 1 atom stereocenters. The van der Waals surface area contributed by atoms with Crippen molar-refractivity contribution >= 4 is 35.8 Å². The fourth-order valence-electron chi connectivity index (χ4n) is 3.23. The number of anilines is 1. The first-order valence-corrected chi connectivity index (χ1v) is 8.76. The van der Waals surface area contributed by atoms with Crippen molar-refractivity contribution in [3.63, 3.8) is 0 Å². The second-order valence-corrected chi connectivity index (χ2v) is 6.94. The Kier molecular flexibility index (Phi) is 5.13. The summed E-state index contributed by atoms with van der Waals surface area (Å²) in [6.07, 6.45) is 0.660. The lowest BCUT2D eigenvalue weighted by atomic mass is 9.98. The van der Waals surface area contributed by atoms with Crippen LogP contribution in [0.25, 0.3) is 0 Å². The van der Waals surface area contributed by atoms with E-state index in [1.807, 2.05) is 30.3 Å². The molecule has 2 aliphatic rings. The summed E-state index contributed by atoms with van der Waals surface area (Å²) < 4.78 is 14.6. The smallest absolute Gasteiger partial charge is 0.232 e. The fraction of sp³-hybridized carbons (Fsp3) is 0.278. The number of thioether (sulfide) groups is 1. The number of rotatable bonds is 2. The number of amides is 1. The van der Waals surface area contributed by atoms with Crippen LogP contribution in [-0.2, 0) is 17.8 Å². The topological polar surface area (TPSA) is 41.1 Å². The van der Waals surface area contributed by atoms with Gasteiger partial charge in [0.25, 0.3) is 0 Å². The summed E-state index contributed by atoms with van der Waals surface area (Å²) in [5.74, 6) is 0.0848. The van der Waals surface area contributed by atoms with Crippen molar-refractivity contribution in [3.8, 4) is 0 Å². The highest BCUT2D eigenvalue weighted by Crippen LogP contribution is 2.40. The number of halogens is 2. The van der Waals surface area contributed by atoms with Crippen LogP contribution < -0.4 is 10.6 Å². The largest absolute Gasteiger partial charge is 0.323 e. The van der Waals surface area contributed by atoms with E-state index in [-0.39, 0.29) is 30.0 Å². The molecule has 4 rings (SSSR count). The monoisotopic (exact) mass is 364 g/mol. The Morgan fingerprint density at radius 3 is 2.96 bits per heavy atom. The summed E-state index contributed by atoms with van der Waals surface area (Å²) in [5, 5.41) is 6.02. The van der Waals surface area contributed by atoms with E-state index in [9.17, 15) is 9.18 Å². The molecule has 0 aromatic heterocycles. The maximum Gasteiger partial charge on any atom is 0.232 e. The van der Waals surface area contributed by atoms with Crippen molar-refractivity contribution in [3.05, 3.63) is 58.9 Å². The molecule has 2 N–H and O–H groups in total. The zero-order chi connectivity index (χ0) is 15.8. The van der Waals surface area contributed by atoms with Crippen molar-refractivity contribution < 1.29 is 9.18 Å². The SMILES string of the molecule is Cl.O=C(Nc1ccc2c(c1F)CCNC2)C1CSc2ccccc21. The van der Waals surface area contributed by atoms with E-state index in [1.54, 1.807) is 17.8 Å². The van der Waals surface area contributed by atoms with Crippen LogP contribution in [0.2, 0.25) is 0 Å². The second-order valence-electron chi connectivity index (χ2n) is 5.88. The molecule has 0 aliphatic carbocycles. The van der Waals surface area contributed by atoms with Gasteiger partial charge in [-0.25, -0.2) is 4.39 Å². The number of benzene rings is 2. The van der Waals surface area contributed by atoms with Gasteiger partial charge in [0.1, 0.15) is 5.82 Å². The molecule has 1 amide bonds. The Balaban J connectivity index is 0.00000169. The van der Waals surface area contributed by atoms with Crippen molar-refractivity contribution in [1.29, 1.82) is 0 Å². The number of fused-ring (bicyclic) bond motifs is 2. The Morgan fingerprint density at radius 1 is 1.25 bits per heavy atom. The predicted molar refractivity (Wildman–Crippen MR) is 97.6 cm³/mol. The number of hydrogen-bond donors (Lipinski definition) is 2. The molecule has 0 bridgehead atoms. The molecule has 0 fully saturated rings. The van der Waals surface area contributed by atoms with Gasteiger partial charge in [-0.05, 0) is 41.8 Å². The van der Waals surface area contributed by atoms with Gasteiger partial charge >= 0.3 is 0 Å². The maximum atomic E-state index is 14.6. The third-order valence-corrected chi connectivity index (χ3v) is 5.66. The summed E-state index contributed by atoms with van der Waals surface area (Å²) in [6.45, 7) is 1.46. The molecule has 2 aliphatic heterocycles. The number of carbonyl (C=O) groups excluding carboxylic acids is 1. The van der Waals surface area contributed by atoms with E-state index in [4.69, 9.17) is 0 Å². The normalized spacial score (nSPS) is 18.3. The summed E-state index contributed by atoms with van der Waals surface area (Å²) in [5.41, 5.74) is 3.04. The van der Waals surface area contributed by atoms with Gasteiger partial charge in [-0.15, -0.1) is 24.2 Å². The van der Waals surface area contributed by atoms with Crippen LogP contribution in [0.5, 0.6) is 0 Å². The summed E-state index contributed by atoms with van der Waals surface area (Å²) in [4.78, 5) is 13.7. The molecular formula is C18H18ClFN2OS. The summed E-state index contributed by atoms with van der Waals surface area (Å²) in [6, 6.07) is 11.5. The minimum atomic E-state index is -0.281.